The quantitative estimate of drug-likeness (QED) is 0.592. The van der Waals surface area contributed by atoms with Crippen LogP contribution in [0.3, 0.4) is 0 Å². The molecule has 0 aliphatic heterocycles. The molecule has 0 radical (unpaired) electrons. The van der Waals surface area contributed by atoms with Gasteiger partial charge in [0.25, 0.3) is 0 Å². The van der Waals surface area contributed by atoms with Gasteiger partial charge in [0.1, 0.15) is 0 Å². The van der Waals surface area contributed by atoms with Gasteiger partial charge in [0.15, 0.2) is 6.10 Å². The van der Waals surface area contributed by atoms with Crippen molar-refractivity contribution in [2.45, 2.75) is 45.3 Å². The van der Waals surface area contributed by atoms with Crippen LogP contribution in [-0.4, -0.2) is 40.9 Å². The maximum atomic E-state index is 11.5. The number of aliphatic hydroxyl groups excluding tert-OH is 1. The average molecular weight is 258 g/mol. The van der Waals surface area contributed by atoms with E-state index in [0.717, 1.165) is 19.3 Å². The Morgan fingerprint density at radius 3 is 2.56 bits per heavy atom. The highest BCUT2D eigenvalue weighted by molar-refractivity contribution is 5.76. The van der Waals surface area contributed by atoms with E-state index < -0.39 is 18.1 Å². The molecule has 0 aromatic carbocycles. The van der Waals surface area contributed by atoms with Crippen LogP contribution in [0.5, 0.6) is 0 Å². The van der Waals surface area contributed by atoms with Crippen molar-refractivity contribution in [2.75, 3.05) is 6.54 Å². The zero-order valence-electron chi connectivity index (χ0n) is 10.8. The highest BCUT2D eigenvalue weighted by atomic mass is 16.4. The molecule has 0 aromatic heterocycles. The number of hydrogen-bond donors (Lipinski definition) is 4. The lowest BCUT2D eigenvalue weighted by atomic mass is 9.80. The van der Waals surface area contributed by atoms with Gasteiger partial charge in [-0.2, -0.15) is 0 Å². The van der Waals surface area contributed by atoms with Crippen molar-refractivity contribution in [2.24, 2.45) is 11.8 Å². The second-order valence-electron chi connectivity index (χ2n) is 5.21. The zero-order valence-corrected chi connectivity index (χ0v) is 10.8. The smallest absolute Gasteiger partial charge is 0.334 e. The Kier molecular flexibility index (Phi) is 5.40. The van der Waals surface area contributed by atoms with Crippen LogP contribution in [0.15, 0.2) is 0 Å². The van der Waals surface area contributed by atoms with Crippen LogP contribution in [-0.2, 0) is 4.79 Å². The summed E-state index contributed by atoms with van der Waals surface area (Å²) in [5, 5.41) is 22.7. The minimum atomic E-state index is -1.56. The normalized spacial score (nSPS) is 29.4. The van der Waals surface area contributed by atoms with Gasteiger partial charge in [0.2, 0.25) is 0 Å². The Morgan fingerprint density at radius 1 is 1.33 bits per heavy atom. The predicted octanol–water partition coefficient (Wildman–Crippen LogP) is 0.556. The Bertz CT molecular complexity index is 308. The first-order valence-corrected chi connectivity index (χ1v) is 6.35. The molecule has 104 valence electrons. The average Bonchev–Trinajstić information content (AvgIpc) is 2.29. The molecular formula is C12H22N2O4. The monoisotopic (exact) mass is 258 g/mol. The maximum Gasteiger partial charge on any atom is 0.334 e. The summed E-state index contributed by atoms with van der Waals surface area (Å²) in [6.07, 6.45) is 1.56. The first kappa shape index (κ1) is 14.8. The van der Waals surface area contributed by atoms with E-state index in [2.05, 4.69) is 24.5 Å². The van der Waals surface area contributed by atoms with Crippen LogP contribution in [0.2, 0.25) is 0 Å². The van der Waals surface area contributed by atoms with E-state index in [1.54, 1.807) is 0 Å². The molecular weight excluding hydrogens is 236 g/mol. The van der Waals surface area contributed by atoms with Crippen molar-refractivity contribution in [3.63, 3.8) is 0 Å². The largest absolute Gasteiger partial charge is 0.479 e. The first-order chi connectivity index (χ1) is 8.40. The number of carbonyl (C=O) groups is 2. The second kappa shape index (κ2) is 6.58. The SMILES string of the molecule is CC1CCC(NC(=O)NCC(O)C(=O)O)C(C)C1. The lowest BCUT2D eigenvalue weighted by molar-refractivity contribution is -0.146. The fourth-order valence-corrected chi connectivity index (χ4v) is 2.38. The van der Waals surface area contributed by atoms with Crippen molar-refractivity contribution < 1.29 is 19.8 Å². The Morgan fingerprint density at radius 2 is 2.00 bits per heavy atom. The van der Waals surface area contributed by atoms with E-state index in [1.165, 1.54) is 0 Å². The number of hydrogen-bond acceptors (Lipinski definition) is 3. The van der Waals surface area contributed by atoms with E-state index in [4.69, 9.17) is 10.2 Å². The molecule has 18 heavy (non-hydrogen) atoms. The van der Waals surface area contributed by atoms with Crippen LogP contribution >= 0.6 is 0 Å². The molecule has 4 N–H and O–H groups in total. The molecule has 6 heteroatoms. The number of rotatable bonds is 4. The van der Waals surface area contributed by atoms with Crippen molar-refractivity contribution in [1.82, 2.24) is 10.6 Å². The van der Waals surface area contributed by atoms with E-state index in [1.807, 2.05) is 0 Å². The summed E-state index contributed by atoms with van der Waals surface area (Å²) in [5.41, 5.74) is 0. The fourth-order valence-electron chi connectivity index (χ4n) is 2.38. The number of carbonyl (C=O) groups excluding carboxylic acids is 1. The minimum absolute atomic E-state index is 0.128. The summed E-state index contributed by atoms with van der Waals surface area (Å²) in [6, 6.07) is -0.287. The maximum absolute atomic E-state index is 11.5. The Balaban J connectivity index is 2.29. The molecule has 4 unspecified atom stereocenters. The van der Waals surface area contributed by atoms with Gasteiger partial charge in [-0.3, -0.25) is 0 Å². The molecule has 0 spiro atoms. The van der Waals surface area contributed by atoms with Crippen molar-refractivity contribution in [3.05, 3.63) is 0 Å². The molecule has 4 atom stereocenters. The van der Waals surface area contributed by atoms with Crippen LogP contribution in [0.4, 0.5) is 4.79 Å². The van der Waals surface area contributed by atoms with Crippen LogP contribution < -0.4 is 10.6 Å². The molecule has 1 saturated carbocycles. The molecule has 2 amide bonds. The summed E-state index contributed by atoms with van der Waals surface area (Å²) < 4.78 is 0. The van der Waals surface area contributed by atoms with Gasteiger partial charge in [-0.25, -0.2) is 9.59 Å². The third-order valence-corrected chi connectivity index (χ3v) is 3.49. The van der Waals surface area contributed by atoms with Crippen molar-refractivity contribution >= 4 is 12.0 Å². The summed E-state index contributed by atoms with van der Waals surface area (Å²) in [5.74, 6) is -0.228. The van der Waals surface area contributed by atoms with Crippen LogP contribution in [0.1, 0.15) is 33.1 Å². The number of aliphatic carboxylic acids is 1. The molecule has 1 fully saturated rings. The highest BCUT2D eigenvalue weighted by Gasteiger charge is 2.26. The topological polar surface area (TPSA) is 98.7 Å². The van der Waals surface area contributed by atoms with E-state index >= 15 is 0 Å². The molecule has 1 rings (SSSR count). The van der Waals surface area contributed by atoms with Gasteiger partial charge in [-0.15, -0.1) is 0 Å². The van der Waals surface area contributed by atoms with Crippen LogP contribution in [0.25, 0.3) is 0 Å². The van der Waals surface area contributed by atoms with Crippen LogP contribution in [0, 0.1) is 11.8 Å². The molecule has 0 saturated heterocycles. The van der Waals surface area contributed by atoms with Gasteiger partial charge in [0, 0.05) is 6.04 Å². The van der Waals surface area contributed by atoms with Gasteiger partial charge in [-0.1, -0.05) is 13.8 Å². The lowest BCUT2D eigenvalue weighted by Gasteiger charge is -2.33. The predicted molar refractivity (Wildman–Crippen MR) is 66.1 cm³/mol. The van der Waals surface area contributed by atoms with Crippen molar-refractivity contribution in [3.8, 4) is 0 Å². The number of aliphatic hydroxyl groups is 1. The van der Waals surface area contributed by atoms with Gasteiger partial charge >= 0.3 is 12.0 Å². The number of carboxylic acids is 1. The molecule has 0 bridgehead atoms. The Labute approximate surface area is 107 Å². The molecule has 0 heterocycles. The first-order valence-electron chi connectivity index (χ1n) is 6.35. The lowest BCUT2D eigenvalue weighted by Crippen LogP contribution is -2.49. The third kappa shape index (κ3) is 4.52. The molecule has 6 nitrogen and oxygen atoms in total. The van der Waals surface area contributed by atoms with E-state index in [0.29, 0.717) is 11.8 Å². The number of urea groups is 1. The van der Waals surface area contributed by atoms with Gasteiger partial charge in [0.05, 0.1) is 6.54 Å². The summed E-state index contributed by atoms with van der Waals surface area (Å²) in [7, 11) is 0. The standard InChI is InChI=1S/C12H22N2O4/c1-7-3-4-9(8(2)5-7)14-12(18)13-6-10(15)11(16)17/h7-10,15H,3-6H2,1-2H3,(H,16,17)(H2,13,14,18). The molecule has 1 aliphatic carbocycles. The number of amides is 2. The van der Waals surface area contributed by atoms with Crippen molar-refractivity contribution in [1.29, 1.82) is 0 Å². The molecule has 0 aromatic rings. The number of carboxylic acid groups (broad SMARTS) is 1. The van der Waals surface area contributed by atoms with Gasteiger partial charge < -0.3 is 20.8 Å². The summed E-state index contributed by atoms with van der Waals surface area (Å²) in [4.78, 5) is 21.9. The second-order valence-corrected chi connectivity index (χ2v) is 5.21. The third-order valence-electron chi connectivity index (χ3n) is 3.49. The fraction of sp³-hybridized carbons (Fsp3) is 0.833. The van der Waals surface area contributed by atoms with E-state index in [9.17, 15) is 9.59 Å². The Hall–Kier alpha value is -1.30. The van der Waals surface area contributed by atoms with Gasteiger partial charge in [-0.05, 0) is 31.1 Å². The zero-order chi connectivity index (χ0) is 13.7. The molecule has 1 aliphatic rings. The number of nitrogens with one attached hydrogen (secondary N) is 2. The highest BCUT2D eigenvalue weighted by Crippen LogP contribution is 2.28. The minimum Gasteiger partial charge on any atom is -0.479 e. The summed E-state index contributed by atoms with van der Waals surface area (Å²) in [6.45, 7) is 4.03. The van der Waals surface area contributed by atoms with E-state index in [-0.39, 0.29) is 12.6 Å². The summed E-state index contributed by atoms with van der Waals surface area (Å²) >= 11 is 0.